The predicted octanol–water partition coefficient (Wildman–Crippen LogP) is 1.67. The van der Waals surface area contributed by atoms with Crippen LogP contribution in [0.3, 0.4) is 0 Å². The lowest BCUT2D eigenvalue weighted by molar-refractivity contribution is 0.370. The van der Waals surface area contributed by atoms with Gasteiger partial charge < -0.3 is 20.2 Å². The molecule has 0 spiro atoms. The van der Waals surface area contributed by atoms with Crippen LogP contribution in [0.5, 0.6) is 5.75 Å². The molecule has 0 amide bonds. The summed E-state index contributed by atoms with van der Waals surface area (Å²) in [7, 11) is 0. The summed E-state index contributed by atoms with van der Waals surface area (Å²) >= 11 is 0. The van der Waals surface area contributed by atoms with E-state index < -0.39 is 0 Å². The van der Waals surface area contributed by atoms with Crippen molar-refractivity contribution in [2.24, 2.45) is 4.99 Å². The maximum Gasteiger partial charge on any atom is 0.194 e. The molecule has 0 saturated carbocycles. The molecule has 21 heavy (non-hydrogen) atoms. The molecule has 0 radical (unpaired) electrons. The maximum atomic E-state index is 9.94. The van der Waals surface area contributed by atoms with Crippen LogP contribution in [0.15, 0.2) is 41.9 Å². The summed E-state index contributed by atoms with van der Waals surface area (Å²) in [6.45, 7) is 10.8. The Balaban J connectivity index is 1.99. The molecule has 1 aromatic rings. The van der Waals surface area contributed by atoms with Crippen LogP contribution in [0.4, 0.5) is 5.69 Å². The van der Waals surface area contributed by atoms with Crippen molar-refractivity contribution in [2.45, 2.75) is 6.92 Å². The number of benzene rings is 1. The first-order valence-electron chi connectivity index (χ1n) is 7.43. The number of aliphatic imine (C=N–C) groups is 1. The van der Waals surface area contributed by atoms with E-state index in [1.54, 1.807) is 12.1 Å². The van der Waals surface area contributed by atoms with E-state index in [9.17, 15) is 5.11 Å². The van der Waals surface area contributed by atoms with E-state index in [0.29, 0.717) is 12.3 Å². The minimum Gasteiger partial charge on any atom is -0.506 e. The van der Waals surface area contributed by atoms with Gasteiger partial charge in [-0.25, -0.2) is 4.99 Å². The second kappa shape index (κ2) is 7.57. The highest BCUT2D eigenvalue weighted by Crippen LogP contribution is 2.27. The van der Waals surface area contributed by atoms with Gasteiger partial charge in [0.2, 0.25) is 0 Å². The molecule has 114 valence electrons. The Hall–Kier alpha value is -2.17. The molecule has 1 saturated heterocycles. The van der Waals surface area contributed by atoms with Crippen LogP contribution in [0.1, 0.15) is 6.92 Å². The third-order valence-corrected chi connectivity index (χ3v) is 3.51. The number of phenols is 1. The summed E-state index contributed by atoms with van der Waals surface area (Å²) in [4.78, 5) is 8.98. The van der Waals surface area contributed by atoms with Crippen molar-refractivity contribution >= 4 is 11.6 Å². The Morgan fingerprint density at radius 2 is 2.05 bits per heavy atom. The normalized spacial score (nSPS) is 16.0. The van der Waals surface area contributed by atoms with Crippen molar-refractivity contribution in [3.8, 4) is 5.75 Å². The van der Waals surface area contributed by atoms with Crippen LogP contribution in [-0.4, -0.2) is 55.2 Å². The lowest BCUT2D eigenvalue weighted by Gasteiger charge is -2.37. The minimum absolute atomic E-state index is 0.346. The average molecular weight is 288 g/mol. The number of nitrogens with one attached hydrogen (secondary N) is 1. The monoisotopic (exact) mass is 288 g/mol. The molecule has 2 N–H and O–H groups in total. The summed E-state index contributed by atoms with van der Waals surface area (Å²) in [5.41, 5.74) is 0.908. The number of piperazine rings is 1. The van der Waals surface area contributed by atoms with E-state index in [1.807, 2.05) is 18.2 Å². The third kappa shape index (κ3) is 3.90. The minimum atomic E-state index is 0.346. The van der Waals surface area contributed by atoms with Crippen LogP contribution >= 0.6 is 0 Å². The second-order valence-corrected chi connectivity index (χ2v) is 4.95. The molecule has 0 atom stereocenters. The number of para-hydroxylation sites is 2. The highest BCUT2D eigenvalue weighted by atomic mass is 16.3. The predicted molar refractivity (Wildman–Crippen MR) is 88.1 cm³/mol. The summed E-state index contributed by atoms with van der Waals surface area (Å²) < 4.78 is 0. The molecule has 1 aliphatic heterocycles. The van der Waals surface area contributed by atoms with E-state index in [4.69, 9.17) is 0 Å². The lowest BCUT2D eigenvalue weighted by Crippen LogP contribution is -2.52. The van der Waals surface area contributed by atoms with Crippen molar-refractivity contribution in [2.75, 3.05) is 44.2 Å². The van der Waals surface area contributed by atoms with Gasteiger partial charge in [0.1, 0.15) is 5.75 Å². The van der Waals surface area contributed by atoms with Crippen molar-refractivity contribution in [3.05, 3.63) is 36.9 Å². The van der Waals surface area contributed by atoms with E-state index >= 15 is 0 Å². The number of aromatic hydroxyl groups is 1. The number of hydrogen-bond donors (Lipinski definition) is 2. The van der Waals surface area contributed by atoms with Gasteiger partial charge in [-0.2, -0.15) is 0 Å². The zero-order chi connectivity index (χ0) is 15.1. The Bertz CT molecular complexity index is 493. The summed E-state index contributed by atoms with van der Waals surface area (Å²) in [6.07, 6.45) is 1.80. The quantitative estimate of drug-likeness (QED) is 0.503. The van der Waals surface area contributed by atoms with Gasteiger partial charge in [0.25, 0.3) is 0 Å². The van der Waals surface area contributed by atoms with Gasteiger partial charge in [0, 0.05) is 32.7 Å². The zero-order valence-electron chi connectivity index (χ0n) is 12.6. The third-order valence-electron chi connectivity index (χ3n) is 3.51. The Kier molecular flexibility index (Phi) is 5.49. The van der Waals surface area contributed by atoms with Crippen LogP contribution in [0.25, 0.3) is 0 Å². The fraction of sp³-hybridized carbons (Fsp3) is 0.438. The topological polar surface area (TPSA) is 51.1 Å². The van der Waals surface area contributed by atoms with Crippen LogP contribution < -0.4 is 10.2 Å². The molecule has 5 nitrogen and oxygen atoms in total. The molecule has 5 heteroatoms. The van der Waals surface area contributed by atoms with Crippen LogP contribution in [0.2, 0.25) is 0 Å². The van der Waals surface area contributed by atoms with Gasteiger partial charge in [0.05, 0.1) is 12.2 Å². The first-order chi connectivity index (χ1) is 10.3. The van der Waals surface area contributed by atoms with Gasteiger partial charge in [-0.1, -0.05) is 18.2 Å². The fourth-order valence-corrected chi connectivity index (χ4v) is 2.47. The summed E-state index contributed by atoms with van der Waals surface area (Å²) in [6, 6.07) is 7.50. The molecule has 0 bridgehead atoms. The number of hydrogen-bond acceptors (Lipinski definition) is 3. The number of phenolic OH excluding ortho intramolecular Hbond substituents is 1. The van der Waals surface area contributed by atoms with Gasteiger partial charge in [-0.15, -0.1) is 6.58 Å². The Morgan fingerprint density at radius 3 is 2.67 bits per heavy atom. The van der Waals surface area contributed by atoms with Gasteiger partial charge in [-0.3, -0.25) is 0 Å². The summed E-state index contributed by atoms with van der Waals surface area (Å²) in [5.74, 6) is 1.28. The molecular weight excluding hydrogens is 264 g/mol. The molecular formula is C16H24N4O. The molecule has 1 fully saturated rings. The van der Waals surface area contributed by atoms with Crippen LogP contribution in [0, 0.1) is 0 Å². The number of guanidine groups is 1. The molecule has 1 heterocycles. The van der Waals surface area contributed by atoms with Gasteiger partial charge >= 0.3 is 0 Å². The molecule has 2 rings (SSSR count). The molecule has 0 aliphatic carbocycles. The first-order valence-corrected chi connectivity index (χ1v) is 7.43. The molecule has 1 aromatic carbocycles. The summed E-state index contributed by atoms with van der Waals surface area (Å²) in [5, 5.41) is 13.2. The average Bonchev–Trinajstić information content (AvgIpc) is 2.52. The largest absolute Gasteiger partial charge is 0.506 e. The standard InChI is InChI=1S/C16H24N4O/c1-3-9-18-16(17-4-2)20-12-10-19(11-13-20)14-7-5-6-8-15(14)21/h3,5-8,21H,1,4,9-13H2,2H3,(H,17,18). The number of rotatable bonds is 4. The van der Waals surface area contributed by atoms with E-state index in [0.717, 1.165) is 44.4 Å². The molecule has 1 aliphatic rings. The highest BCUT2D eigenvalue weighted by Gasteiger charge is 2.20. The second-order valence-electron chi connectivity index (χ2n) is 4.95. The van der Waals surface area contributed by atoms with Crippen molar-refractivity contribution in [3.63, 3.8) is 0 Å². The van der Waals surface area contributed by atoms with Crippen molar-refractivity contribution in [1.82, 2.24) is 10.2 Å². The first kappa shape index (κ1) is 15.2. The van der Waals surface area contributed by atoms with E-state index in [1.165, 1.54) is 0 Å². The van der Waals surface area contributed by atoms with E-state index in [-0.39, 0.29) is 0 Å². The Morgan fingerprint density at radius 1 is 1.33 bits per heavy atom. The SMILES string of the molecule is C=CCN=C(NCC)N1CCN(c2ccccc2O)CC1. The molecule has 0 aromatic heterocycles. The Labute approximate surface area is 126 Å². The number of anilines is 1. The zero-order valence-corrected chi connectivity index (χ0v) is 12.6. The van der Waals surface area contributed by atoms with Crippen molar-refractivity contribution < 1.29 is 5.11 Å². The molecule has 0 unspecified atom stereocenters. The lowest BCUT2D eigenvalue weighted by atomic mass is 10.2. The van der Waals surface area contributed by atoms with Crippen LogP contribution in [-0.2, 0) is 0 Å². The van der Waals surface area contributed by atoms with Gasteiger partial charge in [0.15, 0.2) is 5.96 Å². The number of nitrogens with zero attached hydrogens (tertiary/aromatic N) is 3. The van der Waals surface area contributed by atoms with Crippen molar-refractivity contribution in [1.29, 1.82) is 0 Å². The maximum absolute atomic E-state index is 9.94. The highest BCUT2D eigenvalue weighted by molar-refractivity contribution is 5.80. The fourth-order valence-electron chi connectivity index (χ4n) is 2.47. The van der Waals surface area contributed by atoms with E-state index in [2.05, 4.69) is 33.6 Å². The van der Waals surface area contributed by atoms with Gasteiger partial charge in [-0.05, 0) is 19.1 Å². The smallest absolute Gasteiger partial charge is 0.194 e.